The van der Waals surface area contributed by atoms with E-state index in [1.807, 2.05) is 11.1 Å². The number of hydroxylamine groups is 2. The predicted molar refractivity (Wildman–Crippen MR) is 79.3 cm³/mol. The fourth-order valence-electron chi connectivity index (χ4n) is 3.74. The van der Waals surface area contributed by atoms with Gasteiger partial charge in [0.15, 0.2) is 0 Å². The van der Waals surface area contributed by atoms with Gasteiger partial charge < -0.3 is 10.7 Å². The van der Waals surface area contributed by atoms with Crippen LogP contribution in [0.2, 0.25) is 0 Å². The van der Waals surface area contributed by atoms with Crippen LogP contribution in [0.4, 0.5) is 0 Å². The van der Waals surface area contributed by atoms with E-state index in [2.05, 4.69) is 23.2 Å². The number of carbonyl (C=O) groups excluding carboxylic acids is 1. The van der Waals surface area contributed by atoms with Crippen molar-refractivity contribution < 1.29 is 9.63 Å². The van der Waals surface area contributed by atoms with E-state index in [0.29, 0.717) is 6.61 Å². The van der Waals surface area contributed by atoms with Gasteiger partial charge in [-0.1, -0.05) is 18.2 Å². The molecule has 1 fully saturated rings. The fraction of sp³-hybridized carbons (Fsp3) is 0.438. The van der Waals surface area contributed by atoms with E-state index in [-0.39, 0.29) is 17.9 Å². The highest BCUT2D eigenvalue weighted by atomic mass is 16.7. The van der Waals surface area contributed by atoms with Crippen molar-refractivity contribution in [2.24, 2.45) is 11.7 Å². The maximum Gasteiger partial charge on any atom is 0.222 e. The first-order valence-electron chi connectivity index (χ1n) is 7.54. The topological polar surface area (TPSA) is 71.4 Å². The van der Waals surface area contributed by atoms with Crippen LogP contribution >= 0.6 is 0 Å². The molecule has 110 valence electrons. The number of nitrogens with zero attached hydrogens (tertiary/aromatic N) is 1. The molecular weight excluding hydrogens is 266 g/mol. The van der Waals surface area contributed by atoms with Crippen LogP contribution in [-0.2, 0) is 16.1 Å². The molecular formula is C16H19N3O2. The van der Waals surface area contributed by atoms with Gasteiger partial charge in [-0.2, -0.15) is 5.06 Å². The molecule has 0 aliphatic carbocycles. The largest absolute Gasteiger partial charge is 0.369 e. The van der Waals surface area contributed by atoms with E-state index in [4.69, 9.17) is 10.6 Å². The molecule has 2 aromatic rings. The molecule has 0 saturated carbocycles. The minimum absolute atomic E-state index is 0.0823. The average molecular weight is 285 g/mol. The molecule has 2 atom stereocenters. The molecule has 1 aromatic heterocycles. The second-order valence-corrected chi connectivity index (χ2v) is 5.88. The second-order valence-electron chi connectivity index (χ2n) is 5.88. The van der Waals surface area contributed by atoms with Crippen molar-refractivity contribution in [3.8, 4) is 0 Å². The Morgan fingerprint density at radius 3 is 3.10 bits per heavy atom. The first kappa shape index (κ1) is 12.9. The summed E-state index contributed by atoms with van der Waals surface area (Å²) >= 11 is 0. The number of aromatic amines is 1. The van der Waals surface area contributed by atoms with E-state index in [9.17, 15) is 4.79 Å². The van der Waals surface area contributed by atoms with Crippen LogP contribution in [0.15, 0.2) is 24.3 Å². The number of amides is 1. The number of hydrogen-bond donors (Lipinski definition) is 2. The van der Waals surface area contributed by atoms with E-state index in [1.54, 1.807) is 0 Å². The second kappa shape index (κ2) is 4.86. The van der Waals surface area contributed by atoms with E-state index in [1.165, 1.54) is 10.9 Å². The molecule has 5 nitrogen and oxygen atoms in total. The monoisotopic (exact) mass is 285 g/mol. The van der Waals surface area contributed by atoms with Crippen molar-refractivity contribution in [2.75, 3.05) is 13.2 Å². The molecule has 5 heteroatoms. The molecule has 2 aliphatic rings. The summed E-state index contributed by atoms with van der Waals surface area (Å²) in [4.78, 5) is 21.3. The van der Waals surface area contributed by atoms with Gasteiger partial charge in [0.05, 0.1) is 18.6 Å². The minimum atomic E-state index is -0.234. The number of carbonyl (C=O) groups is 1. The average Bonchev–Trinajstić information content (AvgIpc) is 2.71. The molecule has 2 aliphatic heterocycles. The molecule has 0 bridgehead atoms. The zero-order chi connectivity index (χ0) is 14.4. The molecule has 3 heterocycles. The highest BCUT2D eigenvalue weighted by Crippen LogP contribution is 2.41. The number of fused-ring (bicyclic) bond motifs is 5. The molecule has 0 spiro atoms. The van der Waals surface area contributed by atoms with Crippen molar-refractivity contribution in [3.63, 3.8) is 0 Å². The van der Waals surface area contributed by atoms with Gasteiger partial charge in [0.25, 0.3) is 0 Å². The first-order chi connectivity index (χ1) is 10.3. The Labute approximate surface area is 123 Å². The van der Waals surface area contributed by atoms with Crippen molar-refractivity contribution in [2.45, 2.75) is 25.3 Å². The number of para-hydroxylation sites is 1. The van der Waals surface area contributed by atoms with Crippen LogP contribution in [-0.4, -0.2) is 29.1 Å². The Morgan fingerprint density at radius 2 is 2.24 bits per heavy atom. The lowest BCUT2D eigenvalue weighted by atomic mass is 9.87. The number of H-pyrrole nitrogens is 1. The summed E-state index contributed by atoms with van der Waals surface area (Å²) in [7, 11) is 0. The van der Waals surface area contributed by atoms with Gasteiger partial charge in [0.1, 0.15) is 0 Å². The molecule has 1 saturated heterocycles. The highest BCUT2D eigenvalue weighted by Gasteiger charge is 2.40. The van der Waals surface area contributed by atoms with Gasteiger partial charge in [0.2, 0.25) is 5.91 Å². The molecule has 0 unspecified atom stereocenters. The summed E-state index contributed by atoms with van der Waals surface area (Å²) in [5.74, 6) is -0.429. The summed E-state index contributed by atoms with van der Waals surface area (Å²) < 4.78 is 0. The zero-order valence-electron chi connectivity index (χ0n) is 11.8. The van der Waals surface area contributed by atoms with Gasteiger partial charge in [-0.05, 0) is 30.9 Å². The Balaban J connectivity index is 1.88. The minimum Gasteiger partial charge on any atom is -0.369 e. The quantitative estimate of drug-likeness (QED) is 0.840. The van der Waals surface area contributed by atoms with E-state index < -0.39 is 0 Å². The van der Waals surface area contributed by atoms with Gasteiger partial charge in [-0.25, -0.2) is 0 Å². The van der Waals surface area contributed by atoms with Gasteiger partial charge in [-0.3, -0.25) is 9.63 Å². The van der Waals surface area contributed by atoms with Gasteiger partial charge >= 0.3 is 0 Å². The lowest BCUT2D eigenvalue weighted by Crippen LogP contribution is -2.42. The Kier molecular flexibility index (Phi) is 2.97. The lowest BCUT2D eigenvalue weighted by molar-refractivity contribution is -0.193. The summed E-state index contributed by atoms with van der Waals surface area (Å²) in [6.45, 7) is 1.47. The molecule has 1 amide bonds. The lowest BCUT2D eigenvalue weighted by Gasteiger charge is -2.36. The SMILES string of the molecule is NC(=O)[C@@H]1CCCON2CCc3c([nH]c4ccccc34)[C@H]12. The van der Waals surface area contributed by atoms with E-state index >= 15 is 0 Å². The maximum absolute atomic E-state index is 11.9. The Hall–Kier alpha value is -1.85. The molecule has 0 radical (unpaired) electrons. The number of nitrogens with two attached hydrogens (primary N) is 1. The van der Waals surface area contributed by atoms with Gasteiger partial charge in [0, 0.05) is 23.1 Å². The number of benzene rings is 1. The maximum atomic E-state index is 11.9. The number of nitrogens with one attached hydrogen (secondary N) is 1. The Bertz CT molecular complexity index is 694. The van der Waals surface area contributed by atoms with Crippen LogP contribution in [0.1, 0.15) is 30.1 Å². The number of primary amides is 1. The third-order valence-corrected chi connectivity index (χ3v) is 4.70. The van der Waals surface area contributed by atoms with Crippen LogP contribution in [0.5, 0.6) is 0 Å². The third-order valence-electron chi connectivity index (χ3n) is 4.70. The van der Waals surface area contributed by atoms with Crippen LogP contribution < -0.4 is 5.73 Å². The van der Waals surface area contributed by atoms with Crippen LogP contribution in [0, 0.1) is 5.92 Å². The smallest absolute Gasteiger partial charge is 0.222 e. The number of rotatable bonds is 1. The van der Waals surface area contributed by atoms with E-state index in [0.717, 1.165) is 37.0 Å². The van der Waals surface area contributed by atoms with Crippen molar-refractivity contribution in [1.82, 2.24) is 10.0 Å². The first-order valence-corrected chi connectivity index (χ1v) is 7.54. The summed E-state index contributed by atoms with van der Waals surface area (Å²) in [6, 6.07) is 8.21. The van der Waals surface area contributed by atoms with Crippen LogP contribution in [0.25, 0.3) is 10.9 Å². The molecule has 4 rings (SSSR count). The van der Waals surface area contributed by atoms with Crippen molar-refractivity contribution in [3.05, 3.63) is 35.5 Å². The van der Waals surface area contributed by atoms with Crippen molar-refractivity contribution >= 4 is 16.8 Å². The normalized spacial score (nSPS) is 26.1. The van der Waals surface area contributed by atoms with Gasteiger partial charge in [-0.15, -0.1) is 0 Å². The predicted octanol–water partition coefficient (Wildman–Crippen LogP) is 1.89. The number of hydrogen-bond acceptors (Lipinski definition) is 3. The zero-order valence-corrected chi connectivity index (χ0v) is 11.8. The molecule has 3 N–H and O–H groups in total. The summed E-state index contributed by atoms with van der Waals surface area (Å²) in [5.41, 5.74) is 9.20. The summed E-state index contributed by atoms with van der Waals surface area (Å²) in [5, 5.41) is 3.21. The summed E-state index contributed by atoms with van der Waals surface area (Å²) in [6.07, 6.45) is 2.59. The van der Waals surface area contributed by atoms with Crippen LogP contribution in [0.3, 0.4) is 0 Å². The number of aromatic nitrogens is 1. The van der Waals surface area contributed by atoms with Crippen molar-refractivity contribution in [1.29, 1.82) is 0 Å². The Morgan fingerprint density at radius 1 is 1.38 bits per heavy atom. The highest BCUT2D eigenvalue weighted by molar-refractivity contribution is 5.86. The fourth-order valence-corrected chi connectivity index (χ4v) is 3.74. The standard InChI is InChI=1S/C16H19N3O2/c17-16(20)12-5-3-9-21-19-8-7-11-10-4-1-2-6-13(10)18-14(11)15(12)19/h1-2,4,6,12,15,18H,3,5,7-9H2,(H2,17,20)/t12-,15+/m1/s1. The third kappa shape index (κ3) is 1.96. The molecule has 21 heavy (non-hydrogen) atoms. The molecule has 1 aromatic carbocycles.